The molecule has 0 aliphatic heterocycles. The molecule has 2 aromatic rings. The predicted molar refractivity (Wildman–Crippen MR) is 115 cm³/mol. The van der Waals surface area contributed by atoms with Crippen LogP contribution in [0.25, 0.3) is 0 Å². The number of methoxy groups -OCH3 is 2. The molecule has 144 valence electrons. The highest BCUT2D eigenvalue weighted by molar-refractivity contribution is 14.0. The first-order valence-electron chi connectivity index (χ1n) is 8.28. The lowest BCUT2D eigenvalue weighted by Crippen LogP contribution is -2.39. The van der Waals surface area contributed by atoms with Crippen LogP contribution >= 0.6 is 24.0 Å². The third-order valence-corrected chi connectivity index (χ3v) is 3.88. The molecule has 1 aromatic carbocycles. The lowest BCUT2D eigenvalue weighted by molar-refractivity contribution is 0.382. The number of rotatable bonds is 8. The van der Waals surface area contributed by atoms with E-state index in [0.29, 0.717) is 6.54 Å². The van der Waals surface area contributed by atoms with E-state index in [2.05, 4.69) is 20.3 Å². The zero-order valence-corrected chi connectivity index (χ0v) is 18.1. The van der Waals surface area contributed by atoms with E-state index in [-0.39, 0.29) is 24.0 Å². The monoisotopic (exact) mass is 473 g/mol. The van der Waals surface area contributed by atoms with Gasteiger partial charge in [-0.2, -0.15) is 5.10 Å². The smallest absolute Gasteiger partial charge is 0.193 e. The van der Waals surface area contributed by atoms with Crippen molar-refractivity contribution in [2.24, 2.45) is 4.99 Å². The van der Waals surface area contributed by atoms with Gasteiger partial charge in [0, 0.05) is 57.8 Å². The Morgan fingerprint density at radius 2 is 2.12 bits per heavy atom. The highest BCUT2D eigenvalue weighted by atomic mass is 127. The maximum Gasteiger partial charge on any atom is 0.193 e. The van der Waals surface area contributed by atoms with E-state index < -0.39 is 0 Å². The second kappa shape index (κ2) is 11.6. The van der Waals surface area contributed by atoms with Gasteiger partial charge in [0.2, 0.25) is 0 Å². The van der Waals surface area contributed by atoms with E-state index in [9.17, 15) is 0 Å². The van der Waals surface area contributed by atoms with Crippen LogP contribution in [0.1, 0.15) is 12.0 Å². The average Bonchev–Trinajstić information content (AvgIpc) is 3.15. The van der Waals surface area contributed by atoms with Gasteiger partial charge in [0.15, 0.2) is 5.96 Å². The van der Waals surface area contributed by atoms with Crippen molar-refractivity contribution in [2.45, 2.75) is 19.5 Å². The van der Waals surface area contributed by atoms with Crippen molar-refractivity contribution in [1.29, 1.82) is 0 Å². The van der Waals surface area contributed by atoms with Crippen molar-refractivity contribution in [3.05, 3.63) is 42.2 Å². The van der Waals surface area contributed by atoms with Gasteiger partial charge in [0.05, 0.1) is 14.2 Å². The average molecular weight is 473 g/mol. The molecule has 1 N–H and O–H groups in total. The number of nitrogens with zero attached hydrogens (tertiary/aromatic N) is 4. The van der Waals surface area contributed by atoms with Gasteiger partial charge in [0.1, 0.15) is 11.5 Å². The summed E-state index contributed by atoms with van der Waals surface area (Å²) in [5.74, 6) is 2.43. The lowest BCUT2D eigenvalue weighted by atomic mass is 10.2. The fraction of sp³-hybridized carbons (Fsp3) is 0.444. The van der Waals surface area contributed by atoms with E-state index in [4.69, 9.17) is 9.47 Å². The SMILES string of the molecule is CN=C(NCCCn1cccn1)N(C)Cc1ccc(OC)cc1OC.I. The van der Waals surface area contributed by atoms with Gasteiger partial charge >= 0.3 is 0 Å². The summed E-state index contributed by atoms with van der Waals surface area (Å²) in [5, 5.41) is 7.58. The van der Waals surface area contributed by atoms with Crippen molar-refractivity contribution in [3.63, 3.8) is 0 Å². The molecule has 1 heterocycles. The second-order valence-electron chi connectivity index (χ2n) is 5.63. The topological polar surface area (TPSA) is 63.9 Å². The van der Waals surface area contributed by atoms with Gasteiger partial charge in [-0.25, -0.2) is 0 Å². The first kappa shape index (κ1) is 22.1. The molecule has 0 saturated carbocycles. The predicted octanol–water partition coefficient (Wildman–Crippen LogP) is 2.62. The standard InChI is InChI=1S/C18H27N5O2.HI/c1-19-18(20-9-5-11-23-12-6-10-21-23)22(2)14-15-7-8-16(24-3)13-17(15)25-4;/h6-8,10,12-13H,5,9,11,14H2,1-4H3,(H,19,20);1H. The number of aryl methyl sites for hydroxylation is 1. The molecule has 0 radical (unpaired) electrons. The van der Waals surface area contributed by atoms with Crippen LogP contribution in [0.15, 0.2) is 41.7 Å². The van der Waals surface area contributed by atoms with E-state index in [1.165, 1.54) is 0 Å². The summed E-state index contributed by atoms with van der Waals surface area (Å²) in [4.78, 5) is 6.42. The van der Waals surface area contributed by atoms with Gasteiger partial charge in [-0.05, 0) is 24.6 Å². The van der Waals surface area contributed by atoms with Crippen molar-refractivity contribution < 1.29 is 9.47 Å². The molecule has 0 atom stereocenters. The third-order valence-electron chi connectivity index (χ3n) is 3.88. The Hall–Kier alpha value is -1.97. The zero-order chi connectivity index (χ0) is 18.1. The van der Waals surface area contributed by atoms with Crippen molar-refractivity contribution >= 4 is 29.9 Å². The zero-order valence-electron chi connectivity index (χ0n) is 15.8. The van der Waals surface area contributed by atoms with Crippen LogP contribution in [-0.2, 0) is 13.1 Å². The number of aliphatic imine (C=N–C) groups is 1. The van der Waals surface area contributed by atoms with Crippen LogP contribution in [0, 0.1) is 0 Å². The van der Waals surface area contributed by atoms with Crippen LogP contribution in [-0.4, -0.2) is 55.5 Å². The normalized spacial score (nSPS) is 10.8. The fourth-order valence-electron chi connectivity index (χ4n) is 2.57. The van der Waals surface area contributed by atoms with Crippen molar-refractivity contribution in [3.8, 4) is 11.5 Å². The molecule has 2 rings (SSSR count). The summed E-state index contributed by atoms with van der Waals surface area (Å²) < 4.78 is 12.6. The Balaban J connectivity index is 0.00000338. The van der Waals surface area contributed by atoms with E-state index in [1.54, 1.807) is 27.5 Å². The second-order valence-corrected chi connectivity index (χ2v) is 5.63. The van der Waals surface area contributed by atoms with Crippen LogP contribution in [0.4, 0.5) is 0 Å². The molecule has 0 amide bonds. The Morgan fingerprint density at radius 1 is 1.31 bits per heavy atom. The number of aromatic nitrogens is 2. The largest absolute Gasteiger partial charge is 0.497 e. The Labute approximate surface area is 172 Å². The quantitative estimate of drug-likeness (QED) is 0.277. The van der Waals surface area contributed by atoms with Gasteiger partial charge in [-0.1, -0.05) is 0 Å². The lowest BCUT2D eigenvalue weighted by Gasteiger charge is -2.23. The minimum atomic E-state index is 0. The van der Waals surface area contributed by atoms with Crippen LogP contribution < -0.4 is 14.8 Å². The van der Waals surface area contributed by atoms with Gasteiger partial charge in [-0.3, -0.25) is 9.67 Å². The number of hydrogen-bond donors (Lipinski definition) is 1. The van der Waals surface area contributed by atoms with E-state index in [0.717, 1.165) is 42.5 Å². The number of nitrogens with one attached hydrogen (secondary N) is 1. The number of ether oxygens (including phenoxy) is 2. The first-order valence-corrected chi connectivity index (χ1v) is 8.28. The molecule has 26 heavy (non-hydrogen) atoms. The number of benzene rings is 1. The molecule has 7 nitrogen and oxygen atoms in total. The summed E-state index contributed by atoms with van der Waals surface area (Å²) in [7, 11) is 7.11. The minimum absolute atomic E-state index is 0. The summed E-state index contributed by atoms with van der Waals surface area (Å²) >= 11 is 0. The number of guanidine groups is 1. The van der Waals surface area contributed by atoms with E-state index in [1.807, 2.05) is 42.2 Å². The van der Waals surface area contributed by atoms with Gasteiger partial charge in [-0.15, -0.1) is 24.0 Å². The molecule has 0 bridgehead atoms. The molecule has 0 aliphatic carbocycles. The van der Waals surface area contributed by atoms with Crippen LogP contribution in [0.5, 0.6) is 11.5 Å². The molecule has 0 aliphatic rings. The molecule has 0 saturated heterocycles. The van der Waals surface area contributed by atoms with Gasteiger partial charge in [0.25, 0.3) is 0 Å². The highest BCUT2D eigenvalue weighted by Gasteiger charge is 2.11. The van der Waals surface area contributed by atoms with Crippen LogP contribution in [0.2, 0.25) is 0 Å². The molecule has 8 heteroatoms. The highest BCUT2D eigenvalue weighted by Crippen LogP contribution is 2.25. The summed E-state index contributed by atoms with van der Waals surface area (Å²) in [6.45, 7) is 2.40. The Bertz CT molecular complexity index is 676. The van der Waals surface area contributed by atoms with Gasteiger partial charge < -0.3 is 19.7 Å². The van der Waals surface area contributed by atoms with E-state index >= 15 is 0 Å². The Morgan fingerprint density at radius 3 is 2.73 bits per heavy atom. The van der Waals surface area contributed by atoms with Crippen LogP contribution in [0.3, 0.4) is 0 Å². The van der Waals surface area contributed by atoms with Crippen molar-refractivity contribution in [2.75, 3.05) is 34.9 Å². The third kappa shape index (κ3) is 6.40. The number of hydrogen-bond acceptors (Lipinski definition) is 4. The minimum Gasteiger partial charge on any atom is -0.497 e. The molecule has 0 spiro atoms. The maximum atomic E-state index is 5.47. The fourth-order valence-corrected chi connectivity index (χ4v) is 2.57. The van der Waals surface area contributed by atoms with Crippen molar-refractivity contribution in [1.82, 2.24) is 20.0 Å². The summed E-state index contributed by atoms with van der Waals surface area (Å²) in [5.41, 5.74) is 1.07. The summed E-state index contributed by atoms with van der Waals surface area (Å²) in [6.07, 6.45) is 4.74. The molecular formula is C18H28IN5O2. The Kier molecular flexibility index (Phi) is 9.85. The molecule has 0 fully saturated rings. The molecule has 1 aromatic heterocycles. The summed E-state index contributed by atoms with van der Waals surface area (Å²) in [6, 6.07) is 7.77. The molecular weight excluding hydrogens is 445 g/mol. The number of halogens is 1. The molecule has 0 unspecified atom stereocenters. The first-order chi connectivity index (χ1) is 12.2. The maximum absolute atomic E-state index is 5.47.